The number of aromatic nitrogens is 2. The minimum atomic E-state index is -0.663. The Morgan fingerprint density at radius 2 is 1.97 bits per heavy atom. The first kappa shape index (κ1) is 19.4. The summed E-state index contributed by atoms with van der Waals surface area (Å²) in [7, 11) is 0. The number of esters is 1. The van der Waals surface area contributed by atoms with Gasteiger partial charge in [0.1, 0.15) is 10.4 Å². The summed E-state index contributed by atoms with van der Waals surface area (Å²) in [6, 6.07) is 3.99. The van der Waals surface area contributed by atoms with Gasteiger partial charge in [-0.25, -0.2) is 4.98 Å². The van der Waals surface area contributed by atoms with E-state index in [4.69, 9.17) is 9.15 Å². The van der Waals surface area contributed by atoms with E-state index in [-0.39, 0.29) is 12.0 Å². The van der Waals surface area contributed by atoms with Crippen LogP contribution in [0.15, 0.2) is 27.6 Å². The molecular weight excluding hydrogens is 388 g/mol. The summed E-state index contributed by atoms with van der Waals surface area (Å²) in [6.07, 6.45) is 1.02. The Morgan fingerprint density at radius 1 is 1.24 bits per heavy atom. The van der Waals surface area contributed by atoms with Crippen LogP contribution >= 0.6 is 11.3 Å². The Hall–Kier alpha value is -2.93. The highest BCUT2D eigenvalue weighted by Gasteiger charge is 2.19. The van der Waals surface area contributed by atoms with Crippen LogP contribution < -0.4 is 5.56 Å². The molecule has 150 valence electrons. The molecule has 1 atom stereocenters. The van der Waals surface area contributed by atoms with Crippen LogP contribution in [0, 0.1) is 27.7 Å². The summed E-state index contributed by atoms with van der Waals surface area (Å²) in [5.41, 5.74) is 4.54. The number of hydrogen-bond donors (Lipinski definition) is 1. The van der Waals surface area contributed by atoms with Crippen LogP contribution in [0.3, 0.4) is 0 Å². The number of carbonyl (C=O) groups excluding carboxylic acids is 1. The molecule has 1 aromatic carbocycles. The second kappa shape index (κ2) is 7.15. The second-order valence-corrected chi connectivity index (χ2v) is 8.62. The summed E-state index contributed by atoms with van der Waals surface area (Å²) in [5, 5.41) is 1.51. The predicted octanol–water partition coefficient (Wildman–Crippen LogP) is 4.81. The number of carbonyl (C=O) groups is 1. The van der Waals surface area contributed by atoms with E-state index in [1.54, 1.807) is 13.2 Å². The third kappa shape index (κ3) is 3.46. The smallest absolute Gasteiger partial charge is 0.311 e. The zero-order chi connectivity index (χ0) is 20.9. The third-order valence-electron chi connectivity index (χ3n) is 5.36. The molecule has 0 amide bonds. The number of rotatable bonds is 4. The van der Waals surface area contributed by atoms with Crippen LogP contribution in [0.25, 0.3) is 21.2 Å². The van der Waals surface area contributed by atoms with Gasteiger partial charge in [-0.05, 0) is 63.4 Å². The minimum absolute atomic E-state index is 0.0868. The number of ether oxygens (including phenoxy) is 1. The number of hydrogen-bond acceptors (Lipinski definition) is 6. The number of aryl methyl sites for hydroxylation is 4. The van der Waals surface area contributed by atoms with Crippen molar-refractivity contribution in [1.82, 2.24) is 9.97 Å². The average molecular weight is 410 g/mol. The monoisotopic (exact) mass is 410 g/mol. The van der Waals surface area contributed by atoms with Gasteiger partial charge in [-0.3, -0.25) is 9.59 Å². The molecule has 3 heterocycles. The fourth-order valence-corrected chi connectivity index (χ4v) is 4.42. The number of aromatic amines is 1. The van der Waals surface area contributed by atoms with E-state index in [2.05, 4.69) is 9.97 Å². The molecule has 0 bridgehead atoms. The third-order valence-corrected chi connectivity index (χ3v) is 6.46. The van der Waals surface area contributed by atoms with Crippen LogP contribution in [0.1, 0.15) is 46.0 Å². The summed E-state index contributed by atoms with van der Waals surface area (Å²) in [6.45, 7) is 9.62. The number of benzene rings is 1. The molecule has 7 heteroatoms. The van der Waals surface area contributed by atoms with Gasteiger partial charge in [-0.2, -0.15) is 0 Å². The SMILES string of the molecule is Cc1cc2occ(CC(=O)O[C@H](C)c3nc4sc(C)c(C)c4c(=O)[nH]3)c2cc1C. The first-order chi connectivity index (χ1) is 13.7. The quantitative estimate of drug-likeness (QED) is 0.488. The van der Waals surface area contributed by atoms with Crippen LogP contribution in [-0.2, 0) is 16.0 Å². The van der Waals surface area contributed by atoms with Gasteiger partial charge in [0.25, 0.3) is 5.56 Å². The predicted molar refractivity (Wildman–Crippen MR) is 114 cm³/mol. The normalized spacial score (nSPS) is 12.6. The fourth-order valence-electron chi connectivity index (χ4n) is 3.39. The maximum atomic E-state index is 12.5. The summed E-state index contributed by atoms with van der Waals surface area (Å²) in [4.78, 5) is 33.9. The lowest BCUT2D eigenvalue weighted by Gasteiger charge is -2.12. The molecule has 0 aliphatic heterocycles. The molecule has 29 heavy (non-hydrogen) atoms. The first-order valence-electron chi connectivity index (χ1n) is 9.41. The van der Waals surface area contributed by atoms with E-state index < -0.39 is 12.1 Å². The second-order valence-electron chi connectivity index (χ2n) is 7.42. The molecule has 4 aromatic rings. The lowest BCUT2D eigenvalue weighted by atomic mass is 10.0. The minimum Gasteiger partial charge on any atom is -0.464 e. The maximum absolute atomic E-state index is 12.5. The number of thiophene rings is 1. The molecule has 0 saturated carbocycles. The Balaban J connectivity index is 1.55. The van der Waals surface area contributed by atoms with Crippen LogP contribution in [-0.4, -0.2) is 15.9 Å². The Morgan fingerprint density at radius 3 is 2.72 bits per heavy atom. The van der Waals surface area contributed by atoms with Crippen LogP contribution in [0.2, 0.25) is 0 Å². The summed E-state index contributed by atoms with van der Waals surface area (Å²) in [5.74, 6) is -0.0552. The van der Waals surface area contributed by atoms with Crippen molar-refractivity contribution in [3.05, 3.63) is 61.7 Å². The number of furan rings is 1. The van der Waals surface area contributed by atoms with Gasteiger partial charge in [-0.15, -0.1) is 11.3 Å². The fraction of sp³-hybridized carbons (Fsp3) is 0.318. The highest BCUT2D eigenvalue weighted by molar-refractivity contribution is 7.18. The Labute approximate surface area is 171 Å². The van der Waals surface area contributed by atoms with Gasteiger partial charge in [0, 0.05) is 15.8 Å². The molecule has 0 saturated heterocycles. The standard InChI is InChI=1S/C22H22N2O4S/c1-10-6-16-15(9-27-17(16)7-11(10)2)8-18(25)28-13(4)20-23-21(26)19-12(3)14(5)29-22(19)24-20/h6-7,9,13H,8H2,1-5H3,(H,23,24,26)/t13-/m1/s1. The van der Waals surface area contributed by atoms with E-state index in [9.17, 15) is 9.59 Å². The zero-order valence-corrected chi connectivity index (χ0v) is 17.8. The van der Waals surface area contributed by atoms with Crippen molar-refractivity contribution in [1.29, 1.82) is 0 Å². The average Bonchev–Trinajstić information content (AvgIpc) is 3.16. The molecular formula is C22H22N2O4S. The molecule has 0 aliphatic rings. The number of nitrogens with zero attached hydrogens (tertiary/aromatic N) is 1. The van der Waals surface area contributed by atoms with Crippen molar-refractivity contribution in [2.45, 2.75) is 47.1 Å². The molecule has 0 unspecified atom stereocenters. The Bertz CT molecular complexity index is 1310. The van der Waals surface area contributed by atoms with Crippen molar-refractivity contribution in [2.24, 2.45) is 0 Å². The van der Waals surface area contributed by atoms with Crippen molar-refractivity contribution >= 4 is 38.5 Å². The molecule has 0 spiro atoms. The summed E-state index contributed by atoms with van der Waals surface area (Å²) >= 11 is 1.47. The van der Waals surface area contributed by atoms with Crippen molar-refractivity contribution in [3.63, 3.8) is 0 Å². The number of H-pyrrole nitrogens is 1. The van der Waals surface area contributed by atoms with Crippen LogP contribution in [0.5, 0.6) is 0 Å². The van der Waals surface area contributed by atoms with Gasteiger partial charge in [0.2, 0.25) is 0 Å². The first-order valence-corrected chi connectivity index (χ1v) is 10.2. The molecule has 0 aliphatic carbocycles. The molecule has 0 fully saturated rings. The molecule has 4 rings (SSSR count). The van der Waals surface area contributed by atoms with Gasteiger partial charge >= 0.3 is 5.97 Å². The highest BCUT2D eigenvalue weighted by Crippen LogP contribution is 2.28. The largest absolute Gasteiger partial charge is 0.464 e. The molecule has 6 nitrogen and oxygen atoms in total. The van der Waals surface area contributed by atoms with Crippen molar-refractivity contribution in [2.75, 3.05) is 0 Å². The molecule has 0 radical (unpaired) electrons. The van der Waals surface area contributed by atoms with E-state index in [0.717, 1.165) is 38.1 Å². The number of fused-ring (bicyclic) bond motifs is 2. The maximum Gasteiger partial charge on any atom is 0.311 e. The lowest BCUT2D eigenvalue weighted by molar-refractivity contribution is -0.148. The number of nitrogens with one attached hydrogen (secondary N) is 1. The van der Waals surface area contributed by atoms with Gasteiger partial charge in [0.05, 0.1) is 18.1 Å². The zero-order valence-electron chi connectivity index (χ0n) is 17.0. The Kier molecular flexibility index (Phi) is 4.78. The van der Waals surface area contributed by atoms with E-state index >= 15 is 0 Å². The lowest BCUT2D eigenvalue weighted by Crippen LogP contribution is -2.18. The molecule has 3 aromatic heterocycles. The van der Waals surface area contributed by atoms with Crippen LogP contribution in [0.4, 0.5) is 0 Å². The van der Waals surface area contributed by atoms with E-state index in [1.165, 1.54) is 11.3 Å². The van der Waals surface area contributed by atoms with Gasteiger partial charge in [-0.1, -0.05) is 0 Å². The van der Waals surface area contributed by atoms with E-state index in [1.807, 2.05) is 39.8 Å². The molecule has 1 N–H and O–H groups in total. The van der Waals surface area contributed by atoms with Crippen molar-refractivity contribution in [3.8, 4) is 0 Å². The van der Waals surface area contributed by atoms with Gasteiger partial charge in [0.15, 0.2) is 11.9 Å². The van der Waals surface area contributed by atoms with E-state index in [0.29, 0.717) is 16.0 Å². The topological polar surface area (TPSA) is 85.2 Å². The van der Waals surface area contributed by atoms with Gasteiger partial charge < -0.3 is 14.1 Å². The summed E-state index contributed by atoms with van der Waals surface area (Å²) < 4.78 is 11.1. The highest BCUT2D eigenvalue weighted by atomic mass is 32.1. The van der Waals surface area contributed by atoms with Crippen molar-refractivity contribution < 1.29 is 13.9 Å².